The van der Waals surface area contributed by atoms with Crippen LogP contribution in [0.25, 0.3) is 0 Å². The van der Waals surface area contributed by atoms with Crippen molar-refractivity contribution in [2.75, 3.05) is 13.1 Å². The fourth-order valence-corrected chi connectivity index (χ4v) is 6.18. The van der Waals surface area contributed by atoms with E-state index in [-0.39, 0.29) is 6.04 Å². The summed E-state index contributed by atoms with van der Waals surface area (Å²) in [6.07, 6.45) is 4.91. The van der Waals surface area contributed by atoms with E-state index < -0.39 is 5.97 Å². The molecule has 5 rings (SSSR count). The number of hydrogen-bond donors (Lipinski definition) is 1. The first kappa shape index (κ1) is 20.3. The van der Waals surface area contributed by atoms with Gasteiger partial charge in [0.1, 0.15) is 0 Å². The van der Waals surface area contributed by atoms with E-state index in [4.69, 9.17) is 0 Å². The number of carbonyl (C=O) groups excluding carboxylic acids is 1. The number of carboxylic acid groups (broad SMARTS) is 1. The highest BCUT2D eigenvalue weighted by atomic mass is 16.4. The highest BCUT2D eigenvalue weighted by Crippen LogP contribution is 2.42. The van der Waals surface area contributed by atoms with Crippen molar-refractivity contribution in [1.82, 2.24) is 9.80 Å². The van der Waals surface area contributed by atoms with Gasteiger partial charge in [-0.25, -0.2) is 4.79 Å². The molecule has 5 nitrogen and oxygen atoms in total. The summed E-state index contributed by atoms with van der Waals surface area (Å²) in [5, 5.41) is 9.32. The van der Waals surface area contributed by atoms with Crippen LogP contribution in [0.15, 0.2) is 54.6 Å². The molecule has 1 amide bonds. The van der Waals surface area contributed by atoms with Crippen LogP contribution in [0.5, 0.6) is 0 Å². The molecule has 4 atom stereocenters. The fourth-order valence-electron chi connectivity index (χ4n) is 6.18. The molecule has 2 aromatic carbocycles. The van der Waals surface area contributed by atoms with Gasteiger partial charge in [-0.1, -0.05) is 42.5 Å². The van der Waals surface area contributed by atoms with Crippen LogP contribution in [0.2, 0.25) is 0 Å². The highest BCUT2D eigenvalue weighted by molar-refractivity contribution is 5.87. The van der Waals surface area contributed by atoms with E-state index in [9.17, 15) is 14.7 Å². The fraction of sp³-hybridized carbons (Fsp3) is 0.462. The number of piperidine rings is 3. The van der Waals surface area contributed by atoms with Crippen molar-refractivity contribution in [3.05, 3.63) is 71.3 Å². The second-order valence-electron chi connectivity index (χ2n) is 9.47. The van der Waals surface area contributed by atoms with Gasteiger partial charge in [-0.15, -0.1) is 0 Å². The van der Waals surface area contributed by atoms with E-state index in [1.54, 1.807) is 12.1 Å². The molecule has 162 valence electrons. The minimum atomic E-state index is -0.878. The summed E-state index contributed by atoms with van der Waals surface area (Å²) in [5.41, 5.74) is 2.70. The molecule has 0 aliphatic carbocycles. The Labute approximate surface area is 183 Å². The third kappa shape index (κ3) is 4.11. The molecule has 0 radical (unpaired) electrons. The molecule has 2 bridgehead atoms. The van der Waals surface area contributed by atoms with Crippen LogP contribution < -0.4 is 0 Å². The molecule has 0 spiro atoms. The lowest BCUT2D eigenvalue weighted by atomic mass is 9.70. The molecular formula is C26H30N2O3. The molecule has 1 N–H and O–H groups in total. The van der Waals surface area contributed by atoms with E-state index >= 15 is 0 Å². The van der Waals surface area contributed by atoms with Crippen molar-refractivity contribution < 1.29 is 14.7 Å². The smallest absolute Gasteiger partial charge is 0.335 e. The zero-order valence-corrected chi connectivity index (χ0v) is 17.8. The van der Waals surface area contributed by atoms with Crippen LogP contribution in [-0.2, 0) is 17.8 Å². The Kier molecular flexibility index (Phi) is 5.53. The number of carbonyl (C=O) groups is 2. The number of fused-ring (bicyclic) bond motifs is 4. The molecule has 5 heteroatoms. The number of hydrogen-bond acceptors (Lipinski definition) is 3. The summed E-state index contributed by atoms with van der Waals surface area (Å²) < 4.78 is 0. The van der Waals surface area contributed by atoms with Gasteiger partial charge in [0, 0.05) is 38.1 Å². The summed E-state index contributed by atoms with van der Waals surface area (Å²) in [6.45, 7) is 2.72. The highest BCUT2D eigenvalue weighted by Gasteiger charge is 2.49. The molecular weight excluding hydrogens is 388 g/mol. The van der Waals surface area contributed by atoms with Gasteiger partial charge in [0.05, 0.1) is 5.56 Å². The summed E-state index contributed by atoms with van der Waals surface area (Å²) in [6, 6.07) is 18.5. The molecule has 3 aliphatic rings. The Morgan fingerprint density at radius 3 is 2.58 bits per heavy atom. The zero-order chi connectivity index (χ0) is 21.4. The van der Waals surface area contributed by atoms with Gasteiger partial charge in [0.15, 0.2) is 0 Å². The average Bonchev–Trinajstić information content (AvgIpc) is 2.77. The Bertz CT molecular complexity index is 960. The molecule has 2 aromatic rings. The Morgan fingerprint density at radius 1 is 1.00 bits per heavy atom. The average molecular weight is 419 g/mol. The first-order chi connectivity index (χ1) is 15.1. The SMILES string of the molecule is O=C(O)c1cccc(CN2C[C@H]3C[C@@H](C2)[C@H](Cc2ccccc2)N2C(=O)CCC[C@@H]32)c1. The Balaban J connectivity index is 1.39. The minimum absolute atomic E-state index is 0.254. The third-order valence-electron chi connectivity index (χ3n) is 7.44. The quantitative estimate of drug-likeness (QED) is 0.802. The first-order valence-electron chi connectivity index (χ1n) is 11.5. The normalized spacial score (nSPS) is 28.3. The Morgan fingerprint density at radius 2 is 1.77 bits per heavy atom. The van der Waals surface area contributed by atoms with E-state index in [2.05, 4.69) is 34.1 Å². The first-order valence-corrected chi connectivity index (χ1v) is 11.5. The molecule has 0 aromatic heterocycles. The number of amides is 1. The number of aromatic carboxylic acids is 1. The van der Waals surface area contributed by atoms with Crippen LogP contribution in [-0.4, -0.2) is 52.0 Å². The van der Waals surface area contributed by atoms with Gasteiger partial charge in [-0.3, -0.25) is 9.69 Å². The summed E-state index contributed by atoms with van der Waals surface area (Å²) in [7, 11) is 0. The van der Waals surface area contributed by atoms with Gasteiger partial charge in [-0.2, -0.15) is 0 Å². The van der Waals surface area contributed by atoms with Gasteiger partial charge in [-0.05, 0) is 60.8 Å². The van der Waals surface area contributed by atoms with E-state index in [1.807, 2.05) is 18.2 Å². The number of carboxylic acids is 1. The van der Waals surface area contributed by atoms with Crippen molar-refractivity contribution in [2.24, 2.45) is 11.8 Å². The zero-order valence-electron chi connectivity index (χ0n) is 17.8. The second-order valence-corrected chi connectivity index (χ2v) is 9.47. The lowest BCUT2D eigenvalue weighted by Crippen LogP contribution is -2.65. The summed E-state index contributed by atoms with van der Waals surface area (Å²) in [5.74, 6) is 0.434. The van der Waals surface area contributed by atoms with Crippen molar-refractivity contribution in [2.45, 2.75) is 50.7 Å². The summed E-state index contributed by atoms with van der Waals surface area (Å²) >= 11 is 0. The van der Waals surface area contributed by atoms with Crippen molar-refractivity contribution in [3.63, 3.8) is 0 Å². The van der Waals surface area contributed by atoms with Gasteiger partial charge in [0.25, 0.3) is 0 Å². The van der Waals surface area contributed by atoms with Crippen LogP contribution in [0.4, 0.5) is 0 Å². The van der Waals surface area contributed by atoms with Crippen molar-refractivity contribution in [1.29, 1.82) is 0 Å². The number of rotatable bonds is 5. The maximum atomic E-state index is 13.0. The molecule has 3 aliphatic heterocycles. The molecule has 0 unspecified atom stereocenters. The maximum absolute atomic E-state index is 13.0. The van der Waals surface area contributed by atoms with Crippen molar-refractivity contribution in [3.8, 4) is 0 Å². The topological polar surface area (TPSA) is 60.9 Å². The predicted octanol–water partition coefficient (Wildman–Crippen LogP) is 3.83. The lowest BCUT2D eigenvalue weighted by Gasteiger charge is -2.57. The van der Waals surface area contributed by atoms with Gasteiger partial charge in [0.2, 0.25) is 5.91 Å². The van der Waals surface area contributed by atoms with Gasteiger partial charge >= 0.3 is 5.97 Å². The van der Waals surface area contributed by atoms with Crippen LogP contribution in [0.3, 0.4) is 0 Å². The standard InChI is InChI=1S/C26H30N2O3/c29-25-11-5-10-23-21-14-22(24(28(23)25)13-18-6-2-1-3-7-18)17-27(16-21)15-19-8-4-9-20(12-19)26(30)31/h1-4,6-9,12,21-24H,5,10-11,13-17H2,(H,30,31)/t21-,22+,23+,24+/m1/s1. The largest absolute Gasteiger partial charge is 0.478 e. The van der Waals surface area contributed by atoms with Crippen molar-refractivity contribution >= 4 is 11.9 Å². The van der Waals surface area contributed by atoms with E-state index in [0.29, 0.717) is 35.8 Å². The predicted molar refractivity (Wildman–Crippen MR) is 119 cm³/mol. The monoisotopic (exact) mass is 418 g/mol. The minimum Gasteiger partial charge on any atom is -0.478 e. The van der Waals surface area contributed by atoms with Gasteiger partial charge < -0.3 is 10.0 Å². The third-order valence-corrected chi connectivity index (χ3v) is 7.44. The van der Waals surface area contributed by atoms with E-state index in [1.165, 1.54) is 12.0 Å². The summed E-state index contributed by atoms with van der Waals surface area (Å²) in [4.78, 5) is 29.1. The number of likely N-dealkylation sites (tertiary alicyclic amines) is 1. The maximum Gasteiger partial charge on any atom is 0.335 e. The molecule has 3 heterocycles. The molecule has 31 heavy (non-hydrogen) atoms. The number of benzene rings is 2. The lowest BCUT2D eigenvalue weighted by molar-refractivity contribution is -0.152. The number of nitrogens with zero attached hydrogens (tertiary/aromatic N) is 2. The van der Waals surface area contributed by atoms with Crippen LogP contribution in [0, 0.1) is 11.8 Å². The molecule has 0 saturated carbocycles. The molecule has 3 saturated heterocycles. The van der Waals surface area contributed by atoms with Crippen LogP contribution in [0.1, 0.15) is 47.2 Å². The second kappa shape index (κ2) is 8.46. The molecule has 3 fully saturated rings. The van der Waals surface area contributed by atoms with Crippen LogP contribution >= 0.6 is 0 Å². The Hall–Kier alpha value is -2.66. The van der Waals surface area contributed by atoms with E-state index in [0.717, 1.165) is 44.5 Å².